The Hall–Kier alpha value is -2.70. The number of benzene rings is 2. The minimum absolute atomic E-state index is 0.149. The molecule has 0 aliphatic heterocycles. The highest BCUT2D eigenvalue weighted by molar-refractivity contribution is 5.97. The molecule has 0 bridgehead atoms. The fourth-order valence-corrected chi connectivity index (χ4v) is 2.94. The Morgan fingerprint density at radius 2 is 1.75 bits per heavy atom. The highest BCUT2D eigenvalue weighted by atomic mass is 16.2. The molecule has 0 aromatic heterocycles. The van der Waals surface area contributed by atoms with E-state index in [1.54, 1.807) is 24.3 Å². The van der Waals surface area contributed by atoms with E-state index in [1.807, 2.05) is 30.3 Å². The van der Waals surface area contributed by atoms with Gasteiger partial charge in [0.25, 0.3) is 5.91 Å². The van der Waals surface area contributed by atoms with Gasteiger partial charge in [-0.05, 0) is 36.9 Å². The molecular weight excluding hydrogens is 352 g/mol. The second kappa shape index (κ2) is 11.2. The summed E-state index contributed by atoms with van der Waals surface area (Å²) in [4.78, 5) is 26.9. The predicted octanol–water partition coefficient (Wildman–Crippen LogP) is 2.79. The molecule has 1 atom stereocenters. The topological polar surface area (TPSA) is 87.5 Å². The van der Waals surface area contributed by atoms with Crippen molar-refractivity contribution in [3.05, 3.63) is 65.7 Å². The van der Waals surface area contributed by atoms with Crippen LogP contribution in [0.25, 0.3) is 0 Å². The van der Waals surface area contributed by atoms with Gasteiger partial charge >= 0.3 is 0 Å². The van der Waals surface area contributed by atoms with E-state index in [4.69, 9.17) is 5.73 Å². The zero-order valence-corrected chi connectivity index (χ0v) is 16.7. The van der Waals surface area contributed by atoms with Crippen LogP contribution in [-0.4, -0.2) is 42.9 Å². The quantitative estimate of drug-likeness (QED) is 0.590. The zero-order chi connectivity index (χ0) is 20.4. The molecule has 28 heavy (non-hydrogen) atoms. The standard InChI is InChI=1S/C22H30N4O2/c1-3-26(4-2)14-13-24-22(28)18-11-8-12-19(15-18)25-21(27)16-20(23)17-9-6-5-7-10-17/h5-12,15,20H,3-4,13-14,16,23H2,1-2H3,(H,24,28)(H,25,27). The molecule has 4 N–H and O–H groups in total. The molecule has 2 amide bonds. The number of carbonyl (C=O) groups is 2. The molecular formula is C22H30N4O2. The lowest BCUT2D eigenvalue weighted by Gasteiger charge is -2.18. The van der Waals surface area contributed by atoms with Crippen LogP contribution in [0.2, 0.25) is 0 Å². The molecule has 0 aliphatic rings. The van der Waals surface area contributed by atoms with E-state index in [2.05, 4.69) is 29.4 Å². The normalized spacial score (nSPS) is 11.9. The molecule has 2 aromatic carbocycles. The number of carbonyl (C=O) groups excluding carboxylic acids is 2. The van der Waals surface area contributed by atoms with Crippen LogP contribution in [0.1, 0.15) is 42.2 Å². The van der Waals surface area contributed by atoms with Gasteiger partial charge in [0.15, 0.2) is 0 Å². The summed E-state index contributed by atoms with van der Waals surface area (Å²) in [5.41, 5.74) is 8.12. The number of amides is 2. The summed E-state index contributed by atoms with van der Waals surface area (Å²) < 4.78 is 0. The molecule has 0 spiro atoms. The van der Waals surface area contributed by atoms with Crippen LogP contribution in [0.4, 0.5) is 5.69 Å². The number of hydrogen-bond acceptors (Lipinski definition) is 4. The number of nitrogens with one attached hydrogen (secondary N) is 2. The van der Waals surface area contributed by atoms with Crippen LogP contribution >= 0.6 is 0 Å². The molecule has 6 nitrogen and oxygen atoms in total. The van der Waals surface area contributed by atoms with Gasteiger partial charge in [0.2, 0.25) is 5.91 Å². The fraction of sp³-hybridized carbons (Fsp3) is 0.364. The molecule has 6 heteroatoms. The molecule has 1 unspecified atom stereocenters. The average Bonchev–Trinajstić information content (AvgIpc) is 2.71. The van der Waals surface area contributed by atoms with Crippen molar-refractivity contribution >= 4 is 17.5 Å². The van der Waals surface area contributed by atoms with Crippen molar-refractivity contribution in [2.45, 2.75) is 26.3 Å². The predicted molar refractivity (Wildman–Crippen MR) is 113 cm³/mol. The van der Waals surface area contributed by atoms with Crippen molar-refractivity contribution in [3.63, 3.8) is 0 Å². The van der Waals surface area contributed by atoms with Crippen LogP contribution in [0.15, 0.2) is 54.6 Å². The fourth-order valence-electron chi connectivity index (χ4n) is 2.94. The first-order valence-corrected chi connectivity index (χ1v) is 9.74. The number of nitrogens with zero attached hydrogens (tertiary/aromatic N) is 1. The summed E-state index contributed by atoms with van der Waals surface area (Å²) in [6, 6.07) is 16.1. The molecule has 0 radical (unpaired) electrons. The molecule has 0 saturated heterocycles. The van der Waals surface area contributed by atoms with Crippen LogP contribution < -0.4 is 16.4 Å². The number of hydrogen-bond donors (Lipinski definition) is 3. The molecule has 2 aromatic rings. The first-order valence-electron chi connectivity index (χ1n) is 9.74. The molecule has 0 fully saturated rings. The Morgan fingerprint density at radius 3 is 2.43 bits per heavy atom. The molecule has 0 aliphatic carbocycles. The molecule has 150 valence electrons. The van der Waals surface area contributed by atoms with Crippen LogP contribution in [0, 0.1) is 0 Å². The van der Waals surface area contributed by atoms with Gasteiger partial charge in [-0.1, -0.05) is 50.2 Å². The Labute approximate surface area is 167 Å². The average molecular weight is 383 g/mol. The van der Waals surface area contributed by atoms with Crippen LogP contribution in [0.5, 0.6) is 0 Å². The lowest BCUT2D eigenvalue weighted by Crippen LogP contribution is -2.34. The summed E-state index contributed by atoms with van der Waals surface area (Å²) in [5, 5.41) is 5.74. The highest BCUT2D eigenvalue weighted by Gasteiger charge is 2.13. The summed E-state index contributed by atoms with van der Waals surface area (Å²) in [6.45, 7) is 7.51. The van der Waals surface area contributed by atoms with E-state index in [0.717, 1.165) is 25.2 Å². The lowest BCUT2D eigenvalue weighted by atomic mass is 10.0. The van der Waals surface area contributed by atoms with Crippen LogP contribution in [0.3, 0.4) is 0 Å². The molecule has 2 rings (SSSR count). The Balaban J connectivity index is 1.88. The maximum Gasteiger partial charge on any atom is 0.251 e. The Kier molecular flexibility index (Phi) is 8.65. The Morgan fingerprint density at radius 1 is 1.04 bits per heavy atom. The van der Waals surface area contributed by atoms with E-state index < -0.39 is 0 Å². The van der Waals surface area contributed by atoms with E-state index in [1.165, 1.54) is 0 Å². The van der Waals surface area contributed by atoms with Crippen molar-refractivity contribution < 1.29 is 9.59 Å². The summed E-state index contributed by atoms with van der Waals surface area (Å²) in [5.74, 6) is -0.334. The maximum absolute atomic E-state index is 12.3. The largest absolute Gasteiger partial charge is 0.351 e. The number of likely N-dealkylation sites (N-methyl/N-ethyl adjacent to an activating group) is 1. The van der Waals surface area contributed by atoms with Crippen molar-refractivity contribution in [3.8, 4) is 0 Å². The van der Waals surface area contributed by atoms with Crippen molar-refractivity contribution in [2.75, 3.05) is 31.5 Å². The van der Waals surface area contributed by atoms with E-state index in [0.29, 0.717) is 17.8 Å². The maximum atomic E-state index is 12.3. The number of rotatable bonds is 10. The lowest BCUT2D eigenvalue weighted by molar-refractivity contribution is -0.116. The van der Waals surface area contributed by atoms with Gasteiger partial charge in [0, 0.05) is 36.8 Å². The van der Waals surface area contributed by atoms with Crippen molar-refractivity contribution in [1.82, 2.24) is 10.2 Å². The smallest absolute Gasteiger partial charge is 0.251 e. The van der Waals surface area contributed by atoms with E-state index in [9.17, 15) is 9.59 Å². The van der Waals surface area contributed by atoms with Gasteiger partial charge < -0.3 is 21.3 Å². The first kappa shape index (κ1) is 21.6. The van der Waals surface area contributed by atoms with E-state index >= 15 is 0 Å². The minimum Gasteiger partial charge on any atom is -0.351 e. The molecule has 0 heterocycles. The molecule has 0 saturated carbocycles. The number of anilines is 1. The zero-order valence-electron chi connectivity index (χ0n) is 16.7. The highest BCUT2D eigenvalue weighted by Crippen LogP contribution is 2.16. The van der Waals surface area contributed by atoms with Gasteiger partial charge in [-0.2, -0.15) is 0 Å². The first-order chi connectivity index (χ1) is 13.5. The monoisotopic (exact) mass is 382 g/mol. The Bertz CT molecular complexity index is 760. The summed E-state index contributed by atoms with van der Waals surface area (Å²) in [6.07, 6.45) is 0.171. The third-order valence-corrected chi connectivity index (χ3v) is 4.65. The third-order valence-electron chi connectivity index (χ3n) is 4.65. The van der Waals surface area contributed by atoms with Gasteiger partial charge in [0.1, 0.15) is 0 Å². The van der Waals surface area contributed by atoms with Crippen molar-refractivity contribution in [2.24, 2.45) is 5.73 Å². The van der Waals surface area contributed by atoms with E-state index in [-0.39, 0.29) is 24.3 Å². The van der Waals surface area contributed by atoms with Crippen LogP contribution in [-0.2, 0) is 4.79 Å². The summed E-state index contributed by atoms with van der Waals surface area (Å²) in [7, 11) is 0. The third kappa shape index (κ3) is 6.79. The van der Waals surface area contributed by atoms with Gasteiger partial charge in [-0.25, -0.2) is 0 Å². The van der Waals surface area contributed by atoms with Gasteiger partial charge in [-0.3, -0.25) is 9.59 Å². The second-order valence-corrected chi connectivity index (χ2v) is 6.63. The van der Waals surface area contributed by atoms with Gasteiger partial charge in [0.05, 0.1) is 0 Å². The van der Waals surface area contributed by atoms with Gasteiger partial charge in [-0.15, -0.1) is 0 Å². The minimum atomic E-state index is -0.368. The second-order valence-electron chi connectivity index (χ2n) is 6.63. The SMILES string of the molecule is CCN(CC)CCNC(=O)c1cccc(NC(=O)CC(N)c2ccccc2)c1. The van der Waals surface area contributed by atoms with Crippen molar-refractivity contribution in [1.29, 1.82) is 0 Å². The summed E-state index contributed by atoms with van der Waals surface area (Å²) >= 11 is 0. The number of nitrogens with two attached hydrogens (primary N) is 1.